The van der Waals surface area contributed by atoms with Gasteiger partial charge in [0.15, 0.2) is 5.41 Å². The minimum absolute atomic E-state index is 0.0661. The van der Waals surface area contributed by atoms with Crippen LogP contribution < -0.4 is 4.74 Å². The molecule has 6 saturated carbocycles. The molecule has 0 amide bonds. The third kappa shape index (κ3) is 4.09. The summed E-state index contributed by atoms with van der Waals surface area (Å²) in [6.07, 6.45) is 2.77. The van der Waals surface area contributed by atoms with E-state index in [9.17, 15) is 32.1 Å². The Morgan fingerprint density at radius 3 is 2.09 bits per heavy atom. The van der Waals surface area contributed by atoms with Gasteiger partial charge in [-0.3, -0.25) is 23.7 Å². The molecule has 1 aliphatic heterocycles. The zero-order valence-corrected chi connectivity index (χ0v) is 25.6. The first-order valence-corrected chi connectivity index (χ1v) is 16.9. The minimum atomic E-state index is -4.51. The van der Waals surface area contributed by atoms with E-state index >= 15 is 0 Å². The highest BCUT2D eigenvalue weighted by Crippen LogP contribution is 2.64. The first-order chi connectivity index (χ1) is 20.1. The van der Waals surface area contributed by atoms with Gasteiger partial charge in [-0.1, -0.05) is 27.7 Å². The number of hydrogen-bond acceptors (Lipinski definition) is 9. The summed E-state index contributed by atoms with van der Waals surface area (Å²) in [6.45, 7) is 7.27. The Hall–Kier alpha value is -2.79. The van der Waals surface area contributed by atoms with Crippen molar-refractivity contribution < 1.29 is 46.4 Å². The molecule has 1 heterocycles. The third-order valence-electron chi connectivity index (χ3n) is 11.5. The molecule has 1 aromatic rings. The number of carbonyl (C=O) groups is 4. The molecule has 7 unspecified atom stereocenters. The molecule has 7 atom stereocenters. The predicted molar refractivity (Wildman–Crippen MR) is 149 cm³/mol. The first kappa shape index (κ1) is 29.0. The van der Waals surface area contributed by atoms with Gasteiger partial charge in [0.05, 0.1) is 10.3 Å². The Balaban J connectivity index is 1.14. The van der Waals surface area contributed by atoms with Crippen molar-refractivity contribution >= 4 is 33.8 Å². The largest absolute Gasteiger partial charge is 0.458 e. The zero-order valence-electron chi connectivity index (χ0n) is 24.8. The number of fused-ring (bicyclic) bond motifs is 1. The minimum Gasteiger partial charge on any atom is -0.458 e. The predicted octanol–water partition coefficient (Wildman–Crippen LogP) is 4.34. The second-order valence-electron chi connectivity index (χ2n) is 14.6. The summed E-state index contributed by atoms with van der Waals surface area (Å²) in [7, 11) is -4.51. The smallest absolute Gasteiger partial charge is 0.329 e. The molecule has 11 heteroatoms. The van der Waals surface area contributed by atoms with E-state index in [0.29, 0.717) is 42.1 Å². The van der Waals surface area contributed by atoms with Crippen molar-refractivity contribution in [2.45, 2.75) is 102 Å². The molecule has 1 saturated heterocycles. The van der Waals surface area contributed by atoms with Crippen LogP contribution in [0.3, 0.4) is 0 Å². The lowest BCUT2D eigenvalue weighted by Gasteiger charge is -2.54. The maximum Gasteiger partial charge on any atom is 0.329 e. The fourth-order valence-corrected chi connectivity index (χ4v) is 10.2. The summed E-state index contributed by atoms with van der Waals surface area (Å²) in [5.74, 6) is -2.27. The summed E-state index contributed by atoms with van der Waals surface area (Å²) in [5.41, 5.74) is -1.33. The van der Waals surface area contributed by atoms with Crippen molar-refractivity contribution in [3.05, 3.63) is 23.3 Å². The average Bonchev–Trinajstić information content (AvgIpc) is 3.53. The van der Waals surface area contributed by atoms with E-state index in [1.165, 1.54) is 12.1 Å². The lowest BCUT2D eigenvalue weighted by Crippen LogP contribution is -2.56. The van der Waals surface area contributed by atoms with Crippen LogP contribution in [-0.2, 0) is 38.8 Å². The fourth-order valence-electron chi connectivity index (χ4n) is 9.63. The lowest BCUT2D eigenvalue weighted by molar-refractivity contribution is -0.186. The Kier molecular flexibility index (Phi) is 6.30. The number of ether oxygens (including phenoxy) is 3. The number of Topliss-reactive ketones (excluding diaryl/α,β-unsaturated/α-hetero) is 1. The standard InChI is InChI=1S/C32H38O10S/c1-14(2)21-8-20(43(37,38)39)9-22(15(3)4)26(21)41-29(35)32-13-19-7-23(32)27(42-30(32)36)25(19)40-28(34)31-10-16-5-17(11-31)24(33)18(6-16)12-31/h8-9,14-19,23,25,27H,5-7,10-13H2,1-4H3,(H,37,38,39). The van der Waals surface area contributed by atoms with Gasteiger partial charge in [0.1, 0.15) is 23.7 Å². The van der Waals surface area contributed by atoms with E-state index in [4.69, 9.17) is 14.2 Å². The van der Waals surface area contributed by atoms with Crippen molar-refractivity contribution in [2.24, 2.45) is 40.4 Å². The van der Waals surface area contributed by atoms with Gasteiger partial charge in [-0.2, -0.15) is 8.42 Å². The highest BCUT2D eigenvalue weighted by Gasteiger charge is 2.76. The van der Waals surface area contributed by atoms with E-state index in [-0.39, 0.29) is 52.6 Å². The maximum absolute atomic E-state index is 14.0. The third-order valence-corrected chi connectivity index (χ3v) is 12.3. The number of benzene rings is 1. The molecule has 232 valence electrons. The second kappa shape index (κ2) is 9.36. The van der Waals surface area contributed by atoms with E-state index < -0.39 is 51.0 Å². The second-order valence-corrected chi connectivity index (χ2v) is 16.1. The summed E-state index contributed by atoms with van der Waals surface area (Å²) in [5, 5.41) is 0. The summed E-state index contributed by atoms with van der Waals surface area (Å²) >= 11 is 0. The molecular weight excluding hydrogens is 576 g/mol. The molecule has 0 spiro atoms. The Labute approximate surface area is 251 Å². The van der Waals surface area contributed by atoms with Crippen molar-refractivity contribution in [3.63, 3.8) is 0 Å². The van der Waals surface area contributed by atoms with Gasteiger partial charge < -0.3 is 14.2 Å². The first-order valence-electron chi connectivity index (χ1n) is 15.5. The Bertz CT molecular complexity index is 1510. The molecule has 6 aliphatic carbocycles. The molecule has 0 radical (unpaired) electrons. The molecule has 8 rings (SSSR count). The van der Waals surface area contributed by atoms with E-state index in [0.717, 1.165) is 19.3 Å². The molecule has 10 nitrogen and oxygen atoms in total. The molecule has 1 aromatic carbocycles. The molecule has 0 aromatic heterocycles. The van der Waals surface area contributed by atoms with Crippen LogP contribution in [0.1, 0.15) is 95.6 Å². The maximum atomic E-state index is 14.0. The Morgan fingerprint density at radius 1 is 0.930 bits per heavy atom. The van der Waals surface area contributed by atoms with Crippen LogP contribution in [0.15, 0.2) is 17.0 Å². The summed E-state index contributed by atoms with van der Waals surface area (Å²) < 4.78 is 51.7. The highest BCUT2D eigenvalue weighted by molar-refractivity contribution is 7.85. The quantitative estimate of drug-likeness (QED) is 0.203. The monoisotopic (exact) mass is 614 g/mol. The van der Waals surface area contributed by atoms with Gasteiger partial charge in [-0.15, -0.1) is 0 Å². The number of esters is 3. The highest BCUT2D eigenvalue weighted by atomic mass is 32.2. The van der Waals surface area contributed by atoms with Crippen LogP contribution in [0.5, 0.6) is 5.75 Å². The van der Waals surface area contributed by atoms with Crippen LogP contribution >= 0.6 is 0 Å². The topological polar surface area (TPSA) is 150 Å². The molecule has 43 heavy (non-hydrogen) atoms. The normalized spacial score (nSPS) is 38.7. The van der Waals surface area contributed by atoms with E-state index in [1.807, 2.05) is 27.7 Å². The Morgan fingerprint density at radius 2 is 1.53 bits per heavy atom. The van der Waals surface area contributed by atoms with E-state index in [1.54, 1.807) is 0 Å². The summed E-state index contributed by atoms with van der Waals surface area (Å²) in [4.78, 5) is 53.5. The van der Waals surface area contributed by atoms with Crippen LogP contribution in [0.2, 0.25) is 0 Å². The molecule has 7 aliphatic rings. The van der Waals surface area contributed by atoms with Gasteiger partial charge in [-0.25, -0.2) is 0 Å². The number of hydrogen-bond donors (Lipinski definition) is 1. The van der Waals surface area contributed by atoms with Crippen LogP contribution in [0.4, 0.5) is 0 Å². The molecule has 1 N–H and O–H groups in total. The van der Waals surface area contributed by atoms with Crippen molar-refractivity contribution in [1.29, 1.82) is 0 Å². The van der Waals surface area contributed by atoms with Crippen LogP contribution in [0.25, 0.3) is 0 Å². The van der Waals surface area contributed by atoms with Gasteiger partial charge in [0, 0.05) is 23.7 Å². The zero-order chi connectivity index (χ0) is 30.8. The summed E-state index contributed by atoms with van der Waals surface area (Å²) in [6, 6.07) is 2.60. The number of rotatable bonds is 7. The van der Waals surface area contributed by atoms with E-state index in [2.05, 4.69) is 0 Å². The molecule has 7 fully saturated rings. The fraction of sp³-hybridized carbons (Fsp3) is 0.688. The molecule has 6 bridgehead atoms. The molecular formula is C32H38O10S. The van der Waals surface area contributed by atoms with Crippen LogP contribution in [0, 0.1) is 40.4 Å². The van der Waals surface area contributed by atoms with Gasteiger partial charge in [0.2, 0.25) is 0 Å². The van der Waals surface area contributed by atoms with Gasteiger partial charge in [0.25, 0.3) is 10.1 Å². The SMILES string of the molecule is CC(C)c1cc(S(=O)(=O)O)cc(C(C)C)c1OC(=O)C12CC3CC1C(OC2=O)C3OC(=O)C12CC3CC(C1)C(=O)C(C3)C2. The number of ketones is 1. The van der Waals surface area contributed by atoms with Crippen molar-refractivity contribution in [1.82, 2.24) is 0 Å². The van der Waals surface area contributed by atoms with Crippen LogP contribution in [-0.4, -0.2) is 48.9 Å². The van der Waals surface area contributed by atoms with Gasteiger partial charge in [-0.05, 0) is 86.0 Å². The lowest BCUT2D eigenvalue weighted by atomic mass is 9.49. The van der Waals surface area contributed by atoms with Crippen molar-refractivity contribution in [2.75, 3.05) is 0 Å². The average molecular weight is 615 g/mol. The van der Waals surface area contributed by atoms with Gasteiger partial charge >= 0.3 is 17.9 Å². The van der Waals surface area contributed by atoms with Crippen molar-refractivity contribution in [3.8, 4) is 5.75 Å². The number of carbonyl (C=O) groups excluding carboxylic acids is 4.